The quantitative estimate of drug-likeness (QED) is 0.362. The molecule has 6 rings (SSSR count). The van der Waals surface area contributed by atoms with Crippen LogP contribution >= 0.6 is 11.3 Å². The lowest BCUT2D eigenvalue weighted by atomic mass is 9.76. The van der Waals surface area contributed by atoms with Crippen molar-refractivity contribution in [3.8, 4) is 22.4 Å². The molecular weight excluding hydrogens is 552 g/mol. The first kappa shape index (κ1) is 28.5. The highest BCUT2D eigenvalue weighted by Gasteiger charge is 2.44. The Bertz CT molecular complexity index is 1450. The van der Waals surface area contributed by atoms with E-state index in [-0.39, 0.29) is 30.8 Å². The Hall–Kier alpha value is -3.63. The number of carboxylic acids is 1. The largest absolute Gasteiger partial charge is 0.481 e. The van der Waals surface area contributed by atoms with E-state index in [9.17, 15) is 24.6 Å². The summed E-state index contributed by atoms with van der Waals surface area (Å²) >= 11 is 1.34. The maximum atomic E-state index is 14.1. The lowest BCUT2D eigenvalue weighted by Gasteiger charge is -2.31. The van der Waals surface area contributed by atoms with Crippen molar-refractivity contribution < 1.29 is 24.6 Å². The average molecular weight is 589 g/mol. The Morgan fingerprint density at radius 1 is 1.00 bits per heavy atom. The van der Waals surface area contributed by atoms with Gasteiger partial charge in [0.15, 0.2) is 5.13 Å². The van der Waals surface area contributed by atoms with Crippen LogP contribution in [-0.2, 0) is 14.4 Å². The number of aromatic nitrogens is 2. The van der Waals surface area contributed by atoms with Gasteiger partial charge in [0.1, 0.15) is 5.82 Å². The highest BCUT2D eigenvalue weighted by molar-refractivity contribution is 7.14. The molecule has 42 heavy (non-hydrogen) atoms. The minimum atomic E-state index is -0.971. The summed E-state index contributed by atoms with van der Waals surface area (Å²) in [6.07, 6.45) is 8.58. The molecule has 0 unspecified atom stereocenters. The fourth-order valence-electron chi connectivity index (χ4n) is 7.11. The summed E-state index contributed by atoms with van der Waals surface area (Å²) in [5.74, 6) is -0.751. The second-order valence-corrected chi connectivity index (χ2v) is 12.5. The van der Waals surface area contributed by atoms with E-state index >= 15 is 0 Å². The third-order valence-electron chi connectivity index (χ3n) is 9.19. The monoisotopic (exact) mass is 588 g/mol. The highest BCUT2D eigenvalue weighted by Crippen LogP contribution is 2.44. The van der Waals surface area contributed by atoms with Gasteiger partial charge in [-0.1, -0.05) is 49.9 Å². The van der Waals surface area contributed by atoms with Crippen molar-refractivity contribution >= 4 is 40.1 Å². The number of carbonyl (C=O) groups is 3. The zero-order valence-corrected chi connectivity index (χ0v) is 24.3. The Labute approximate surface area is 249 Å². The number of nitrogens with zero attached hydrogens (tertiary/aromatic N) is 4. The van der Waals surface area contributed by atoms with Crippen molar-refractivity contribution in [2.75, 3.05) is 23.0 Å². The van der Waals surface area contributed by atoms with Crippen LogP contribution in [0.5, 0.6) is 0 Å². The number of carboxylic acid groups (broad SMARTS) is 1. The molecule has 10 heteroatoms. The molecule has 2 N–H and O–H groups in total. The number of aliphatic hydroxyl groups excluding tert-OH is 1. The van der Waals surface area contributed by atoms with Crippen LogP contribution in [-0.4, -0.2) is 57.2 Å². The summed E-state index contributed by atoms with van der Waals surface area (Å²) in [6.45, 7) is 0.480. The summed E-state index contributed by atoms with van der Waals surface area (Å²) in [6, 6.07) is 11.2. The number of aliphatic hydroxyl groups is 1. The number of amides is 2. The Morgan fingerprint density at radius 2 is 1.79 bits per heavy atom. The maximum absolute atomic E-state index is 14.1. The fourth-order valence-corrected chi connectivity index (χ4v) is 8.01. The standard InChI is InChI=1S/C32H36N4O5S/c37-18-22-12-13-24(20-6-1-2-7-20)26(16-30(39)40)31(41)36(22)32-34-27(19-42-32)25-9-4-3-8-23(25)21-11-14-28(33-17-21)35-15-5-10-29(35)38/h3-4,8-9,11,14,17,19-20,22,24,26,37H,1-2,5-7,10,12-13,15-16,18H2,(H,39,40)/t22-,24+,26-/m0/s1. The Balaban J connectivity index is 1.31. The zero-order valence-electron chi connectivity index (χ0n) is 23.5. The molecule has 0 bridgehead atoms. The van der Waals surface area contributed by atoms with Gasteiger partial charge in [-0.05, 0) is 48.8 Å². The van der Waals surface area contributed by atoms with Gasteiger partial charge in [-0.3, -0.25) is 24.2 Å². The Morgan fingerprint density at radius 3 is 2.45 bits per heavy atom. The second kappa shape index (κ2) is 12.3. The zero-order chi connectivity index (χ0) is 29.2. The van der Waals surface area contributed by atoms with Crippen LogP contribution in [0.4, 0.5) is 10.9 Å². The van der Waals surface area contributed by atoms with Gasteiger partial charge in [0.2, 0.25) is 11.8 Å². The molecule has 4 heterocycles. The molecule has 3 fully saturated rings. The summed E-state index contributed by atoms with van der Waals surface area (Å²) in [7, 11) is 0. The lowest BCUT2D eigenvalue weighted by molar-refractivity contribution is -0.142. The van der Waals surface area contributed by atoms with Gasteiger partial charge < -0.3 is 10.2 Å². The van der Waals surface area contributed by atoms with E-state index in [1.807, 2.05) is 41.8 Å². The molecule has 220 valence electrons. The number of benzene rings is 1. The van der Waals surface area contributed by atoms with Crippen molar-refractivity contribution in [3.63, 3.8) is 0 Å². The minimum Gasteiger partial charge on any atom is -0.481 e. The van der Waals surface area contributed by atoms with Crippen molar-refractivity contribution in [1.29, 1.82) is 0 Å². The van der Waals surface area contributed by atoms with E-state index in [0.717, 1.165) is 55.2 Å². The molecule has 2 aliphatic heterocycles. The summed E-state index contributed by atoms with van der Waals surface area (Å²) < 4.78 is 0. The predicted octanol–water partition coefficient (Wildman–Crippen LogP) is 5.38. The van der Waals surface area contributed by atoms with Gasteiger partial charge in [0.05, 0.1) is 30.7 Å². The summed E-state index contributed by atoms with van der Waals surface area (Å²) in [4.78, 5) is 50.9. The number of rotatable bonds is 8. The first-order chi connectivity index (χ1) is 20.4. The number of hydrogen-bond donors (Lipinski definition) is 2. The van der Waals surface area contributed by atoms with E-state index in [0.29, 0.717) is 41.9 Å². The third kappa shape index (κ3) is 5.57. The van der Waals surface area contributed by atoms with Crippen LogP contribution < -0.4 is 9.80 Å². The maximum Gasteiger partial charge on any atom is 0.304 e. The van der Waals surface area contributed by atoms with Gasteiger partial charge in [0.25, 0.3) is 0 Å². The van der Waals surface area contributed by atoms with Crippen LogP contribution in [0.1, 0.15) is 57.8 Å². The first-order valence-electron chi connectivity index (χ1n) is 14.9. The molecule has 3 aromatic rings. The Kier molecular flexibility index (Phi) is 8.35. The number of carbonyl (C=O) groups excluding carboxylic acids is 2. The molecule has 9 nitrogen and oxygen atoms in total. The summed E-state index contributed by atoms with van der Waals surface area (Å²) in [5, 5.41) is 22.5. The molecule has 0 radical (unpaired) electrons. The molecule has 1 aromatic carbocycles. The molecule has 2 saturated heterocycles. The molecule has 3 atom stereocenters. The van der Waals surface area contributed by atoms with E-state index in [1.165, 1.54) is 11.3 Å². The van der Waals surface area contributed by atoms with E-state index in [4.69, 9.17) is 4.98 Å². The normalized spacial score (nSPS) is 23.5. The van der Waals surface area contributed by atoms with Crippen LogP contribution in [0.3, 0.4) is 0 Å². The van der Waals surface area contributed by atoms with Crippen molar-refractivity contribution in [2.45, 2.75) is 63.8 Å². The molecule has 0 spiro atoms. The van der Waals surface area contributed by atoms with Crippen LogP contribution in [0.25, 0.3) is 22.4 Å². The van der Waals surface area contributed by atoms with Crippen molar-refractivity contribution in [2.24, 2.45) is 17.8 Å². The van der Waals surface area contributed by atoms with Crippen LogP contribution in [0, 0.1) is 17.8 Å². The number of hydrogen-bond acceptors (Lipinski definition) is 7. The molecule has 1 aliphatic carbocycles. The average Bonchev–Trinajstić information content (AvgIpc) is 3.77. The molecule has 2 aromatic heterocycles. The highest BCUT2D eigenvalue weighted by atomic mass is 32.1. The van der Waals surface area contributed by atoms with Gasteiger partial charge in [-0.25, -0.2) is 9.97 Å². The van der Waals surface area contributed by atoms with E-state index in [1.54, 1.807) is 16.0 Å². The summed E-state index contributed by atoms with van der Waals surface area (Å²) in [5.41, 5.74) is 3.38. The van der Waals surface area contributed by atoms with Crippen LogP contribution in [0.2, 0.25) is 0 Å². The fraction of sp³-hybridized carbons (Fsp3) is 0.469. The smallest absolute Gasteiger partial charge is 0.304 e. The number of thiazole rings is 1. The van der Waals surface area contributed by atoms with Gasteiger partial charge in [-0.15, -0.1) is 11.3 Å². The number of anilines is 2. The lowest BCUT2D eigenvalue weighted by Crippen LogP contribution is -2.45. The second-order valence-electron chi connectivity index (χ2n) is 11.6. The number of pyridine rings is 1. The SMILES string of the molecule is O=C(O)C[C@@H]1C(=O)N(c2nc(-c3ccccc3-c3ccc(N4CCCC4=O)nc3)cs2)[C@H](CO)CC[C@@H]1C1CCCC1. The van der Waals surface area contributed by atoms with Gasteiger partial charge in [-0.2, -0.15) is 0 Å². The van der Waals surface area contributed by atoms with Crippen LogP contribution in [0.15, 0.2) is 48.0 Å². The van der Waals surface area contributed by atoms with Gasteiger partial charge >= 0.3 is 5.97 Å². The van der Waals surface area contributed by atoms with E-state index < -0.39 is 17.9 Å². The van der Waals surface area contributed by atoms with Gasteiger partial charge in [0, 0.05) is 35.7 Å². The predicted molar refractivity (Wildman–Crippen MR) is 161 cm³/mol. The van der Waals surface area contributed by atoms with E-state index in [2.05, 4.69) is 4.98 Å². The molecule has 2 amide bonds. The topological polar surface area (TPSA) is 124 Å². The first-order valence-corrected chi connectivity index (χ1v) is 15.8. The minimum absolute atomic E-state index is 0.00151. The molecule has 1 saturated carbocycles. The number of aliphatic carboxylic acids is 1. The van der Waals surface area contributed by atoms with Crippen molar-refractivity contribution in [1.82, 2.24) is 9.97 Å². The molecule has 3 aliphatic rings. The van der Waals surface area contributed by atoms with Crippen molar-refractivity contribution in [3.05, 3.63) is 48.0 Å². The third-order valence-corrected chi connectivity index (χ3v) is 10.0. The molecular formula is C32H36N4O5S.